The van der Waals surface area contributed by atoms with E-state index in [1.54, 1.807) is 0 Å². The van der Waals surface area contributed by atoms with E-state index in [4.69, 9.17) is 4.74 Å². The molecule has 1 unspecified atom stereocenters. The zero-order valence-corrected chi connectivity index (χ0v) is 16.0. The van der Waals surface area contributed by atoms with Gasteiger partial charge in [-0.15, -0.1) is 0 Å². The molecule has 0 aliphatic carbocycles. The lowest BCUT2D eigenvalue weighted by atomic mass is 9.90. The maximum Gasteiger partial charge on any atom is 0.227 e. The van der Waals surface area contributed by atoms with E-state index in [1.807, 2.05) is 36.1 Å². The minimum absolute atomic E-state index is 0.195. The van der Waals surface area contributed by atoms with Crippen molar-refractivity contribution in [3.05, 3.63) is 60.2 Å². The van der Waals surface area contributed by atoms with Crippen LogP contribution in [0.4, 0.5) is 5.69 Å². The summed E-state index contributed by atoms with van der Waals surface area (Å²) in [5.41, 5.74) is 2.32. The van der Waals surface area contributed by atoms with Gasteiger partial charge in [-0.05, 0) is 30.5 Å². The normalized spacial score (nSPS) is 22.3. The molecule has 142 valence electrons. The van der Waals surface area contributed by atoms with Crippen molar-refractivity contribution in [2.24, 2.45) is 5.92 Å². The molecule has 0 N–H and O–H groups in total. The van der Waals surface area contributed by atoms with Gasteiger partial charge < -0.3 is 14.5 Å². The first kappa shape index (κ1) is 18.1. The summed E-state index contributed by atoms with van der Waals surface area (Å²) in [5, 5.41) is 0. The number of ether oxygens (including phenoxy) is 1. The highest BCUT2D eigenvalue weighted by Crippen LogP contribution is 2.38. The predicted octanol–water partition coefficient (Wildman–Crippen LogP) is 3.76. The monoisotopic (exact) mass is 364 g/mol. The Bertz CT molecular complexity index is 777. The molecule has 0 bridgehead atoms. The molecule has 0 saturated carbocycles. The molecule has 0 aromatic heterocycles. The Labute approximate surface area is 161 Å². The maximum absolute atomic E-state index is 12.8. The summed E-state index contributed by atoms with van der Waals surface area (Å²) in [7, 11) is 0. The van der Waals surface area contributed by atoms with E-state index in [0.717, 1.165) is 43.9 Å². The van der Waals surface area contributed by atoms with Gasteiger partial charge >= 0.3 is 0 Å². The van der Waals surface area contributed by atoms with Crippen LogP contribution in [0.25, 0.3) is 0 Å². The van der Waals surface area contributed by atoms with E-state index >= 15 is 0 Å². The molecule has 1 amide bonds. The van der Waals surface area contributed by atoms with Crippen LogP contribution in [0.3, 0.4) is 0 Å². The fourth-order valence-corrected chi connectivity index (χ4v) is 4.38. The lowest BCUT2D eigenvalue weighted by molar-refractivity contribution is -0.119. The van der Waals surface area contributed by atoms with E-state index in [9.17, 15) is 4.79 Å². The van der Waals surface area contributed by atoms with Crippen LogP contribution < -0.4 is 9.64 Å². The average Bonchev–Trinajstić information content (AvgIpc) is 2.89. The molecule has 27 heavy (non-hydrogen) atoms. The molecular weight excluding hydrogens is 336 g/mol. The van der Waals surface area contributed by atoms with Gasteiger partial charge in [0.1, 0.15) is 5.75 Å². The van der Waals surface area contributed by atoms with Crippen LogP contribution in [0.1, 0.15) is 25.3 Å². The molecule has 2 aromatic carbocycles. The van der Waals surface area contributed by atoms with Crippen LogP contribution in [0, 0.1) is 5.92 Å². The number of hydrogen-bond donors (Lipinski definition) is 0. The molecule has 2 atom stereocenters. The number of likely N-dealkylation sites (tertiary alicyclic amines) is 1. The van der Waals surface area contributed by atoms with Gasteiger partial charge in [0.25, 0.3) is 0 Å². The first-order valence-corrected chi connectivity index (χ1v) is 10.1. The third-order valence-electron chi connectivity index (χ3n) is 5.82. The molecule has 2 heterocycles. The molecule has 2 aliphatic rings. The Morgan fingerprint density at radius 1 is 1.11 bits per heavy atom. The fourth-order valence-electron chi connectivity index (χ4n) is 4.38. The number of rotatable bonds is 4. The van der Waals surface area contributed by atoms with E-state index in [0.29, 0.717) is 18.9 Å². The zero-order valence-electron chi connectivity index (χ0n) is 16.0. The summed E-state index contributed by atoms with van der Waals surface area (Å²) in [6.45, 7) is 5.70. The van der Waals surface area contributed by atoms with Gasteiger partial charge in [-0.25, -0.2) is 0 Å². The number of amides is 1. The molecule has 2 aliphatic heterocycles. The Morgan fingerprint density at radius 2 is 1.89 bits per heavy atom. The van der Waals surface area contributed by atoms with Gasteiger partial charge in [-0.1, -0.05) is 49.4 Å². The van der Waals surface area contributed by atoms with Gasteiger partial charge in [-0.2, -0.15) is 0 Å². The van der Waals surface area contributed by atoms with Crippen molar-refractivity contribution in [2.75, 3.05) is 31.1 Å². The SMILES string of the molecule is CCC(=O)N1c2ccccc2OC[C@@H]2CN(CCc3ccccc3)CCC21. The Kier molecular flexibility index (Phi) is 5.44. The molecule has 4 rings (SSSR count). The number of benzene rings is 2. The summed E-state index contributed by atoms with van der Waals surface area (Å²) in [4.78, 5) is 17.3. The van der Waals surface area contributed by atoms with Crippen molar-refractivity contribution in [1.82, 2.24) is 4.90 Å². The second kappa shape index (κ2) is 8.13. The number of carbonyl (C=O) groups excluding carboxylic acids is 1. The van der Waals surface area contributed by atoms with Gasteiger partial charge in [0.2, 0.25) is 5.91 Å². The standard InChI is InChI=1S/C23H28N2O2/c1-2-23(26)25-20-13-15-24(14-12-18-8-4-3-5-9-18)16-19(20)17-27-22-11-7-6-10-21(22)25/h3-11,19-20H,2,12-17H2,1H3/t19-,20?/m0/s1. The second-order valence-electron chi connectivity index (χ2n) is 7.55. The molecule has 1 saturated heterocycles. The summed E-state index contributed by atoms with van der Waals surface area (Å²) in [6, 6.07) is 18.9. The van der Waals surface area contributed by atoms with Crippen LogP contribution in [0.2, 0.25) is 0 Å². The number of fused-ring (bicyclic) bond motifs is 2. The van der Waals surface area contributed by atoms with Crippen LogP contribution >= 0.6 is 0 Å². The van der Waals surface area contributed by atoms with Crippen molar-refractivity contribution in [3.63, 3.8) is 0 Å². The maximum atomic E-state index is 12.8. The summed E-state index contributed by atoms with van der Waals surface area (Å²) < 4.78 is 6.13. The smallest absolute Gasteiger partial charge is 0.227 e. The third-order valence-corrected chi connectivity index (χ3v) is 5.82. The van der Waals surface area contributed by atoms with E-state index in [-0.39, 0.29) is 11.9 Å². The van der Waals surface area contributed by atoms with Gasteiger partial charge in [0, 0.05) is 38.0 Å². The predicted molar refractivity (Wildman–Crippen MR) is 108 cm³/mol. The molecule has 2 aromatic rings. The van der Waals surface area contributed by atoms with E-state index < -0.39 is 0 Å². The summed E-state index contributed by atoms with van der Waals surface area (Å²) in [6.07, 6.45) is 2.59. The largest absolute Gasteiger partial charge is 0.491 e. The topological polar surface area (TPSA) is 32.8 Å². The van der Waals surface area contributed by atoms with Crippen LogP contribution in [-0.4, -0.2) is 43.1 Å². The van der Waals surface area contributed by atoms with Gasteiger partial charge in [-0.3, -0.25) is 4.79 Å². The minimum Gasteiger partial charge on any atom is -0.491 e. The Balaban J connectivity index is 1.49. The van der Waals surface area contributed by atoms with E-state index in [2.05, 4.69) is 35.2 Å². The number of hydrogen-bond acceptors (Lipinski definition) is 3. The first-order valence-electron chi connectivity index (χ1n) is 10.1. The second-order valence-corrected chi connectivity index (χ2v) is 7.55. The molecule has 0 radical (unpaired) electrons. The minimum atomic E-state index is 0.195. The van der Waals surface area contributed by atoms with E-state index in [1.165, 1.54) is 5.56 Å². The highest BCUT2D eigenvalue weighted by atomic mass is 16.5. The van der Waals surface area contributed by atoms with Crippen LogP contribution in [0.15, 0.2) is 54.6 Å². The quantitative estimate of drug-likeness (QED) is 0.828. The number of nitrogens with zero attached hydrogens (tertiary/aromatic N) is 2. The van der Waals surface area contributed by atoms with Crippen molar-refractivity contribution < 1.29 is 9.53 Å². The highest BCUT2D eigenvalue weighted by Gasteiger charge is 2.39. The zero-order chi connectivity index (χ0) is 18.6. The number of carbonyl (C=O) groups is 1. The molecular formula is C23H28N2O2. The van der Waals surface area contributed by atoms with Crippen molar-refractivity contribution >= 4 is 11.6 Å². The molecule has 1 fully saturated rings. The lowest BCUT2D eigenvalue weighted by Gasteiger charge is -2.42. The lowest BCUT2D eigenvalue weighted by Crippen LogP contribution is -2.54. The number of anilines is 1. The average molecular weight is 364 g/mol. The van der Waals surface area contributed by atoms with Gasteiger partial charge in [0.05, 0.1) is 12.3 Å². The number of piperidine rings is 1. The highest BCUT2D eigenvalue weighted by molar-refractivity contribution is 5.95. The van der Waals surface area contributed by atoms with Crippen LogP contribution in [-0.2, 0) is 11.2 Å². The molecule has 4 nitrogen and oxygen atoms in total. The van der Waals surface area contributed by atoms with Crippen molar-refractivity contribution in [1.29, 1.82) is 0 Å². The van der Waals surface area contributed by atoms with Gasteiger partial charge in [0.15, 0.2) is 0 Å². The van der Waals surface area contributed by atoms with Crippen LogP contribution in [0.5, 0.6) is 5.75 Å². The fraction of sp³-hybridized carbons (Fsp3) is 0.435. The Hall–Kier alpha value is -2.33. The van der Waals surface area contributed by atoms with Crippen molar-refractivity contribution in [2.45, 2.75) is 32.2 Å². The first-order chi connectivity index (χ1) is 13.3. The Morgan fingerprint density at radius 3 is 2.70 bits per heavy atom. The number of para-hydroxylation sites is 2. The molecule has 4 heteroatoms. The summed E-state index contributed by atoms with van der Waals surface area (Å²) in [5.74, 6) is 1.38. The summed E-state index contributed by atoms with van der Waals surface area (Å²) >= 11 is 0. The molecule has 0 spiro atoms. The third kappa shape index (κ3) is 3.86. The van der Waals surface area contributed by atoms with Crippen molar-refractivity contribution in [3.8, 4) is 5.75 Å².